The number of benzene rings is 1. The standard InChI is InChI=1S/C17H24OS/c1-15(16-8-4-3-5-9-16)12-18-13-17(2)10-6-7-11-19-14-17/h3-5,8-9,12H,6-7,10-11,13-14H2,1-2H3/b15-12-. The second kappa shape index (κ2) is 7.04. The molecule has 0 spiro atoms. The summed E-state index contributed by atoms with van der Waals surface area (Å²) >= 11 is 2.08. The van der Waals surface area contributed by atoms with Crippen molar-refractivity contribution in [2.24, 2.45) is 5.41 Å². The largest absolute Gasteiger partial charge is 0.500 e. The summed E-state index contributed by atoms with van der Waals surface area (Å²) in [5, 5.41) is 0. The number of thioether (sulfide) groups is 1. The number of ether oxygens (including phenoxy) is 1. The van der Waals surface area contributed by atoms with Gasteiger partial charge in [-0.3, -0.25) is 0 Å². The van der Waals surface area contributed by atoms with Crippen LogP contribution in [0.3, 0.4) is 0 Å². The topological polar surface area (TPSA) is 9.23 Å². The third kappa shape index (κ3) is 4.61. The maximum absolute atomic E-state index is 5.87. The number of allylic oxidation sites excluding steroid dienone is 1. The van der Waals surface area contributed by atoms with Crippen LogP contribution in [0.5, 0.6) is 0 Å². The summed E-state index contributed by atoms with van der Waals surface area (Å²) in [6.07, 6.45) is 5.92. The van der Waals surface area contributed by atoms with Crippen molar-refractivity contribution in [2.45, 2.75) is 33.1 Å². The Bertz CT molecular complexity index is 403. The van der Waals surface area contributed by atoms with Crippen LogP contribution in [0.1, 0.15) is 38.7 Å². The molecule has 0 aliphatic carbocycles. The molecule has 1 saturated heterocycles. The van der Waals surface area contributed by atoms with Crippen LogP contribution in [0.15, 0.2) is 36.6 Å². The van der Waals surface area contributed by atoms with Crippen LogP contribution in [0, 0.1) is 5.41 Å². The Morgan fingerprint density at radius 2 is 2.11 bits per heavy atom. The summed E-state index contributed by atoms with van der Waals surface area (Å²) in [6.45, 7) is 5.31. The molecule has 0 bridgehead atoms. The minimum Gasteiger partial charge on any atom is -0.500 e. The number of hydrogen-bond acceptors (Lipinski definition) is 2. The summed E-state index contributed by atoms with van der Waals surface area (Å²) in [7, 11) is 0. The SMILES string of the molecule is C/C(=C/OCC1(C)CCCCSC1)c1ccccc1. The van der Waals surface area contributed by atoms with Gasteiger partial charge in [0, 0.05) is 11.2 Å². The van der Waals surface area contributed by atoms with Crippen molar-refractivity contribution in [2.75, 3.05) is 18.1 Å². The minimum atomic E-state index is 0.342. The van der Waals surface area contributed by atoms with Gasteiger partial charge in [-0.2, -0.15) is 11.8 Å². The first-order chi connectivity index (χ1) is 9.20. The molecule has 0 saturated carbocycles. The molecule has 1 aromatic rings. The molecule has 1 nitrogen and oxygen atoms in total. The van der Waals surface area contributed by atoms with Crippen LogP contribution in [-0.4, -0.2) is 18.1 Å². The highest BCUT2D eigenvalue weighted by atomic mass is 32.2. The van der Waals surface area contributed by atoms with Crippen LogP contribution in [-0.2, 0) is 4.74 Å². The molecule has 0 N–H and O–H groups in total. The molecular formula is C17H24OS. The van der Waals surface area contributed by atoms with Gasteiger partial charge in [-0.15, -0.1) is 0 Å². The predicted molar refractivity (Wildman–Crippen MR) is 85.3 cm³/mol. The Labute approximate surface area is 121 Å². The van der Waals surface area contributed by atoms with E-state index in [4.69, 9.17) is 4.74 Å². The third-order valence-electron chi connectivity index (χ3n) is 3.69. The van der Waals surface area contributed by atoms with E-state index >= 15 is 0 Å². The molecule has 1 aliphatic rings. The maximum atomic E-state index is 5.87. The maximum Gasteiger partial charge on any atom is 0.0934 e. The second-order valence-corrected chi connectivity index (χ2v) is 6.90. The Morgan fingerprint density at radius 1 is 1.32 bits per heavy atom. The van der Waals surface area contributed by atoms with Gasteiger partial charge < -0.3 is 4.74 Å². The second-order valence-electron chi connectivity index (χ2n) is 5.80. The molecule has 0 radical (unpaired) electrons. The average molecular weight is 276 g/mol. The lowest BCUT2D eigenvalue weighted by Gasteiger charge is -2.26. The van der Waals surface area contributed by atoms with E-state index in [-0.39, 0.29) is 0 Å². The first-order valence-corrected chi connectivity index (χ1v) is 8.27. The monoisotopic (exact) mass is 276 g/mol. The lowest BCUT2D eigenvalue weighted by molar-refractivity contribution is 0.133. The highest BCUT2D eigenvalue weighted by Crippen LogP contribution is 2.33. The van der Waals surface area contributed by atoms with E-state index in [0.717, 1.165) is 6.61 Å². The third-order valence-corrected chi connectivity index (χ3v) is 5.17. The predicted octanol–water partition coefficient (Wildman–Crippen LogP) is 4.99. The fourth-order valence-corrected chi connectivity index (χ4v) is 3.67. The molecule has 1 fully saturated rings. The van der Waals surface area contributed by atoms with Crippen molar-refractivity contribution in [3.05, 3.63) is 42.2 Å². The number of rotatable bonds is 4. The van der Waals surface area contributed by atoms with Crippen molar-refractivity contribution in [3.63, 3.8) is 0 Å². The summed E-state index contributed by atoms with van der Waals surface area (Å²) in [4.78, 5) is 0. The summed E-state index contributed by atoms with van der Waals surface area (Å²) in [5.41, 5.74) is 2.78. The van der Waals surface area contributed by atoms with Gasteiger partial charge in [0.2, 0.25) is 0 Å². The van der Waals surface area contributed by atoms with E-state index < -0.39 is 0 Å². The van der Waals surface area contributed by atoms with E-state index in [9.17, 15) is 0 Å². The van der Waals surface area contributed by atoms with Crippen molar-refractivity contribution in [1.29, 1.82) is 0 Å². The molecule has 1 aliphatic heterocycles. The van der Waals surface area contributed by atoms with Crippen molar-refractivity contribution in [1.82, 2.24) is 0 Å². The molecule has 1 aromatic carbocycles. The van der Waals surface area contributed by atoms with Crippen LogP contribution in [0.2, 0.25) is 0 Å². The lowest BCUT2D eigenvalue weighted by atomic mass is 9.88. The van der Waals surface area contributed by atoms with Gasteiger partial charge in [0.25, 0.3) is 0 Å². The summed E-state index contributed by atoms with van der Waals surface area (Å²) < 4.78 is 5.87. The van der Waals surface area contributed by atoms with Crippen molar-refractivity contribution < 1.29 is 4.74 Å². The zero-order chi connectivity index (χ0) is 13.6. The molecular weight excluding hydrogens is 252 g/mol. The molecule has 1 unspecified atom stereocenters. The van der Waals surface area contributed by atoms with Gasteiger partial charge in [-0.1, -0.05) is 43.7 Å². The van der Waals surface area contributed by atoms with E-state index in [1.165, 1.54) is 41.9 Å². The Hall–Kier alpha value is -0.890. The van der Waals surface area contributed by atoms with E-state index in [2.05, 4.69) is 49.9 Å². The van der Waals surface area contributed by atoms with Gasteiger partial charge in [-0.25, -0.2) is 0 Å². The van der Waals surface area contributed by atoms with Crippen molar-refractivity contribution >= 4 is 17.3 Å². The Kier molecular flexibility index (Phi) is 5.38. The summed E-state index contributed by atoms with van der Waals surface area (Å²) in [6, 6.07) is 10.4. The van der Waals surface area contributed by atoms with E-state index in [0.29, 0.717) is 5.41 Å². The van der Waals surface area contributed by atoms with Gasteiger partial charge in [0.15, 0.2) is 0 Å². The van der Waals surface area contributed by atoms with Crippen LogP contribution < -0.4 is 0 Å². The Morgan fingerprint density at radius 3 is 2.89 bits per heavy atom. The zero-order valence-corrected chi connectivity index (χ0v) is 12.8. The van der Waals surface area contributed by atoms with E-state index in [1.807, 2.05) is 12.3 Å². The smallest absolute Gasteiger partial charge is 0.0934 e. The first kappa shape index (κ1) is 14.5. The highest BCUT2D eigenvalue weighted by Gasteiger charge is 2.26. The molecule has 0 amide bonds. The normalized spacial score (nSPS) is 24.8. The van der Waals surface area contributed by atoms with Crippen LogP contribution >= 0.6 is 11.8 Å². The van der Waals surface area contributed by atoms with Gasteiger partial charge in [0.1, 0.15) is 0 Å². The Balaban J connectivity index is 1.88. The fraction of sp³-hybridized carbons (Fsp3) is 0.529. The molecule has 19 heavy (non-hydrogen) atoms. The lowest BCUT2D eigenvalue weighted by Crippen LogP contribution is -2.24. The molecule has 1 atom stereocenters. The van der Waals surface area contributed by atoms with E-state index in [1.54, 1.807) is 0 Å². The quantitative estimate of drug-likeness (QED) is 0.717. The molecule has 2 rings (SSSR count). The highest BCUT2D eigenvalue weighted by molar-refractivity contribution is 7.99. The fourth-order valence-electron chi connectivity index (χ4n) is 2.40. The van der Waals surface area contributed by atoms with Gasteiger partial charge >= 0.3 is 0 Å². The van der Waals surface area contributed by atoms with Gasteiger partial charge in [-0.05, 0) is 36.7 Å². The van der Waals surface area contributed by atoms with Crippen LogP contribution in [0.25, 0.3) is 5.57 Å². The molecule has 104 valence electrons. The van der Waals surface area contributed by atoms with Crippen LogP contribution in [0.4, 0.5) is 0 Å². The summed E-state index contributed by atoms with van der Waals surface area (Å²) in [5.74, 6) is 2.54. The molecule has 2 heteroatoms. The van der Waals surface area contributed by atoms with Crippen molar-refractivity contribution in [3.8, 4) is 0 Å². The first-order valence-electron chi connectivity index (χ1n) is 7.11. The zero-order valence-electron chi connectivity index (χ0n) is 12.0. The minimum absolute atomic E-state index is 0.342. The number of hydrogen-bond donors (Lipinski definition) is 0. The van der Waals surface area contributed by atoms with Gasteiger partial charge in [0.05, 0.1) is 12.9 Å². The molecule has 1 heterocycles. The molecule has 0 aromatic heterocycles. The average Bonchev–Trinajstić information content (AvgIpc) is 2.65.